The van der Waals surface area contributed by atoms with Crippen LogP contribution >= 0.6 is 0 Å². The number of aliphatic carboxylic acids is 1. The summed E-state index contributed by atoms with van der Waals surface area (Å²) < 4.78 is 0. The number of amides is 1. The Hall–Kier alpha value is -1.85. The number of carbonyl (C=O) groups excluding carboxylic acids is 2. The van der Waals surface area contributed by atoms with E-state index in [1.54, 1.807) is 0 Å². The third-order valence-electron chi connectivity index (χ3n) is 3.66. The van der Waals surface area contributed by atoms with Gasteiger partial charge in [-0.15, -0.1) is 0 Å². The number of nitrogens with zero attached hydrogens (tertiary/aromatic N) is 1. The summed E-state index contributed by atoms with van der Waals surface area (Å²) in [5, 5.41) is 11.9. The Balaban J connectivity index is 1.96. The molecule has 18 heavy (non-hydrogen) atoms. The fourth-order valence-electron chi connectivity index (χ4n) is 2.65. The number of carboxylic acids is 1. The van der Waals surface area contributed by atoms with Crippen LogP contribution in [-0.4, -0.2) is 40.8 Å². The molecule has 2 heterocycles. The molecule has 0 unspecified atom stereocenters. The normalized spacial score (nSPS) is 26.3. The van der Waals surface area contributed by atoms with Gasteiger partial charge in [0.2, 0.25) is 5.91 Å². The summed E-state index contributed by atoms with van der Waals surface area (Å²) >= 11 is 0. The minimum Gasteiger partial charge on any atom is -0.481 e. The fraction of sp³-hybridized carbons (Fsp3) is 0.583. The zero-order valence-electron chi connectivity index (χ0n) is 9.81. The lowest BCUT2D eigenvalue weighted by Gasteiger charge is -2.11. The number of carboxylic acid groups (broad SMARTS) is 1. The Morgan fingerprint density at radius 3 is 2.72 bits per heavy atom. The van der Waals surface area contributed by atoms with E-state index in [1.807, 2.05) is 0 Å². The van der Waals surface area contributed by atoms with E-state index >= 15 is 0 Å². The number of carbonyl (C=O) groups is 3. The maximum atomic E-state index is 12.2. The fourth-order valence-corrected chi connectivity index (χ4v) is 2.65. The van der Waals surface area contributed by atoms with Gasteiger partial charge >= 0.3 is 5.97 Å². The first-order chi connectivity index (χ1) is 8.59. The van der Waals surface area contributed by atoms with Crippen molar-refractivity contribution in [1.29, 1.82) is 0 Å². The van der Waals surface area contributed by atoms with Crippen molar-refractivity contribution < 1.29 is 19.5 Å². The largest absolute Gasteiger partial charge is 0.481 e. The second kappa shape index (κ2) is 3.83. The molecule has 0 bridgehead atoms. The number of ketones is 1. The number of hydrogen-bond donors (Lipinski definition) is 2. The minimum absolute atomic E-state index is 0.000977. The average Bonchev–Trinajstić information content (AvgIpc) is 3.00. The zero-order valence-corrected chi connectivity index (χ0v) is 9.81. The highest BCUT2D eigenvalue weighted by Crippen LogP contribution is 2.40. The molecule has 1 aliphatic carbocycles. The summed E-state index contributed by atoms with van der Waals surface area (Å²) in [7, 11) is 0. The van der Waals surface area contributed by atoms with Gasteiger partial charge in [0, 0.05) is 24.6 Å². The smallest absolute Gasteiger partial charge is 0.304 e. The number of hydrogen-bond acceptors (Lipinski definition) is 4. The summed E-state index contributed by atoms with van der Waals surface area (Å²) in [6.45, 7) is 1.15. The van der Waals surface area contributed by atoms with Crippen molar-refractivity contribution in [3.8, 4) is 0 Å². The van der Waals surface area contributed by atoms with Crippen LogP contribution in [0, 0.1) is 11.8 Å². The summed E-state index contributed by atoms with van der Waals surface area (Å²) in [6.07, 6.45) is 1.40. The monoisotopic (exact) mass is 250 g/mol. The predicted octanol–water partition coefficient (Wildman–Crippen LogP) is -0.287. The summed E-state index contributed by atoms with van der Waals surface area (Å²) in [5.41, 5.74) is 0.405. The van der Waals surface area contributed by atoms with E-state index < -0.39 is 11.9 Å². The summed E-state index contributed by atoms with van der Waals surface area (Å²) in [6, 6.07) is 0. The second-order valence-electron chi connectivity index (χ2n) is 4.97. The highest BCUT2D eigenvalue weighted by atomic mass is 16.4. The first kappa shape index (κ1) is 11.3. The van der Waals surface area contributed by atoms with Gasteiger partial charge in [-0.3, -0.25) is 19.3 Å². The number of rotatable bonds is 4. The van der Waals surface area contributed by atoms with Gasteiger partial charge in [0.15, 0.2) is 5.78 Å². The summed E-state index contributed by atoms with van der Waals surface area (Å²) in [4.78, 5) is 36.7. The van der Waals surface area contributed by atoms with E-state index in [0.29, 0.717) is 24.5 Å². The molecule has 0 aromatic rings. The molecule has 6 nitrogen and oxygen atoms in total. The highest BCUT2D eigenvalue weighted by Gasteiger charge is 2.48. The molecule has 1 saturated heterocycles. The molecule has 3 aliphatic rings. The molecule has 1 atom stereocenters. The van der Waals surface area contributed by atoms with Gasteiger partial charge in [0.05, 0.1) is 12.3 Å². The van der Waals surface area contributed by atoms with Gasteiger partial charge in [-0.1, -0.05) is 0 Å². The lowest BCUT2D eigenvalue weighted by Crippen LogP contribution is -2.29. The van der Waals surface area contributed by atoms with Crippen molar-refractivity contribution in [2.45, 2.75) is 19.3 Å². The van der Waals surface area contributed by atoms with Crippen molar-refractivity contribution in [2.75, 3.05) is 13.1 Å². The first-order valence-electron chi connectivity index (χ1n) is 6.15. The molecule has 3 rings (SSSR count). The van der Waals surface area contributed by atoms with Gasteiger partial charge in [0.25, 0.3) is 0 Å². The van der Waals surface area contributed by atoms with Gasteiger partial charge < -0.3 is 10.4 Å². The number of nitrogens with one attached hydrogen (secondary N) is 1. The van der Waals surface area contributed by atoms with E-state index in [2.05, 4.69) is 5.32 Å². The lowest BCUT2D eigenvalue weighted by atomic mass is 9.92. The van der Waals surface area contributed by atoms with E-state index in [9.17, 15) is 14.4 Å². The van der Waals surface area contributed by atoms with Crippen LogP contribution in [0.3, 0.4) is 0 Å². The van der Waals surface area contributed by atoms with Gasteiger partial charge in [-0.05, 0) is 12.8 Å². The third kappa shape index (κ3) is 1.60. The highest BCUT2D eigenvalue weighted by molar-refractivity contribution is 6.08. The molecule has 0 radical (unpaired) electrons. The standard InChI is InChI=1S/C12H14N2O4/c15-8(16)5-7-9(10(17)6-1-2-6)11-13-3-4-14(11)12(7)18/h6-7,13H,1-5H2,(H,15,16)/t7-/m1/s1. The lowest BCUT2D eigenvalue weighted by molar-refractivity contribution is -0.141. The molecule has 1 amide bonds. The van der Waals surface area contributed by atoms with Crippen molar-refractivity contribution >= 4 is 17.7 Å². The van der Waals surface area contributed by atoms with Crippen molar-refractivity contribution in [2.24, 2.45) is 11.8 Å². The van der Waals surface area contributed by atoms with Crippen molar-refractivity contribution in [3.63, 3.8) is 0 Å². The second-order valence-corrected chi connectivity index (χ2v) is 4.97. The molecule has 2 N–H and O–H groups in total. The maximum absolute atomic E-state index is 12.2. The molecule has 6 heteroatoms. The topological polar surface area (TPSA) is 86.7 Å². The van der Waals surface area contributed by atoms with Gasteiger partial charge in [0.1, 0.15) is 5.82 Å². The van der Waals surface area contributed by atoms with Crippen molar-refractivity contribution in [3.05, 3.63) is 11.4 Å². The molecule has 0 aromatic heterocycles. The molecule has 0 spiro atoms. The Kier molecular flexibility index (Phi) is 2.39. The first-order valence-corrected chi connectivity index (χ1v) is 6.15. The van der Waals surface area contributed by atoms with E-state index in [1.165, 1.54) is 4.90 Å². The van der Waals surface area contributed by atoms with Crippen LogP contribution in [0.15, 0.2) is 11.4 Å². The Morgan fingerprint density at radius 1 is 1.39 bits per heavy atom. The number of fused-ring (bicyclic) bond motifs is 1. The summed E-state index contributed by atoms with van der Waals surface area (Å²) in [5.74, 6) is -1.57. The SMILES string of the molecule is O=C(O)C[C@H]1C(=O)N2CCNC2=C1C(=O)C1CC1. The Bertz CT molecular complexity index is 478. The zero-order chi connectivity index (χ0) is 12.9. The van der Waals surface area contributed by atoms with E-state index in [0.717, 1.165) is 12.8 Å². The van der Waals surface area contributed by atoms with Crippen LogP contribution in [0.1, 0.15) is 19.3 Å². The van der Waals surface area contributed by atoms with E-state index in [4.69, 9.17) is 5.11 Å². The quantitative estimate of drug-likeness (QED) is 0.716. The van der Waals surface area contributed by atoms with Crippen LogP contribution in [0.4, 0.5) is 0 Å². The molecule has 2 aliphatic heterocycles. The van der Waals surface area contributed by atoms with Crippen LogP contribution in [0.5, 0.6) is 0 Å². The van der Waals surface area contributed by atoms with E-state index in [-0.39, 0.29) is 24.0 Å². The number of Topliss-reactive ketones (excluding diaryl/α,β-unsaturated/α-hetero) is 1. The van der Waals surface area contributed by atoms with Crippen molar-refractivity contribution in [1.82, 2.24) is 10.2 Å². The van der Waals surface area contributed by atoms with Crippen LogP contribution in [0.25, 0.3) is 0 Å². The molecule has 1 saturated carbocycles. The molecule has 96 valence electrons. The predicted molar refractivity (Wildman–Crippen MR) is 60.2 cm³/mol. The maximum Gasteiger partial charge on any atom is 0.304 e. The van der Waals surface area contributed by atoms with Crippen LogP contribution in [-0.2, 0) is 14.4 Å². The third-order valence-corrected chi connectivity index (χ3v) is 3.66. The molecular weight excluding hydrogens is 236 g/mol. The molecular formula is C12H14N2O4. The van der Waals surface area contributed by atoms with Gasteiger partial charge in [-0.25, -0.2) is 0 Å². The Morgan fingerprint density at radius 2 is 2.11 bits per heavy atom. The average molecular weight is 250 g/mol. The molecule has 2 fully saturated rings. The van der Waals surface area contributed by atoms with Crippen LogP contribution in [0.2, 0.25) is 0 Å². The van der Waals surface area contributed by atoms with Gasteiger partial charge in [-0.2, -0.15) is 0 Å². The minimum atomic E-state index is -1.05. The molecule has 0 aromatic carbocycles. The Labute approximate surface area is 104 Å². The van der Waals surface area contributed by atoms with Crippen LogP contribution < -0.4 is 5.32 Å².